The first-order chi connectivity index (χ1) is 15.4. The van der Waals surface area contributed by atoms with E-state index in [9.17, 15) is 26.7 Å². The van der Waals surface area contributed by atoms with Crippen molar-refractivity contribution in [2.75, 3.05) is 7.11 Å². The fourth-order valence-electron chi connectivity index (χ4n) is 4.48. The summed E-state index contributed by atoms with van der Waals surface area (Å²) in [6.07, 6.45) is -6.13. The molecule has 1 aromatic heterocycles. The summed E-state index contributed by atoms with van der Waals surface area (Å²) >= 11 is 6.01. The number of hydrogen-bond donors (Lipinski definition) is 1. The summed E-state index contributed by atoms with van der Waals surface area (Å²) in [5.74, 6) is -5.42. The first kappa shape index (κ1) is 23.5. The van der Waals surface area contributed by atoms with Crippen molar-refractivity contribution in [3.8, 4) is 5.75 Å². The Kier molecular flexibility index (Phi) is 5.69. The molecule has 1 aliphatic rings. The fourth-order valence-corrected chi connectivity index (χ4v) is 4.65. The highest BCUT2D eigenvalue weighted by molar-refractivity contribution is 6.31. The lowest BCUT2D eigenvalue weighted by Crippen LogP contribution is -2.46. The molecule has 4 nitrogen and oxygen atoms in total. The zero-order valence-corrected chi connectivity index (χ0v) is 18.4. The fraction of sp³-hybridized carbons (Fsp3) is 0.348. The molecule has 0 amide bonds. The summed E-state index contributed by atoms with van der Waals surface area (Å²) in [5, 5.41) is 0.602. The Bertz CT molecular complexity index is 1290. The predicted octanol–water partition coefficient (Wildman–Crippen LogP) is 6.28. The highest BCUT2D eigenvalue weighted by atomic mass is 35.5. The molecule has 0 radical (unpaired) electrons. The monoisotopic (exact) mass is 487 g/mol. The summed E-state index contributed by atoms with van der Waals surface area (Å²) in [7, 11) is 1.10. The van der Waals surface area contributed by atoms with Crippen molar-refractivity contribution in [3.63, 3.8) is 0 Å². The number of alkyl halides is 3. The van der Waals surface area contributed by atoms with Gasteiger partial charge in [-0.25, -0.2) is 4.39 Å². The lowest BCUT2D eigenvalue weighted by atomic mass is 9.76. The Morgan fingerprint density at radius 1 is 1.15 bits per heavy atom. The van der Waals surface area contributed by atoms with Gasteiger partial charge in [-0.1, -0.05) is 24.6 Å². The molecule has 1 N–H and O–H groups in total. The molecule has 0 saturated carbocycles. The number of methoxy groups -OCH3 is 1. The van der Waals surface area contributed by atoms with Gasteiger partial charge in [-0.3, -0.25) is 4.79 Å². The van der Waals surface area contributed by atoms with E-state index in [1.165, 1.54) is 31.2 Å². The van der Waals surface area contributed by atoms with Crippen LogP contribution in [0.4, 0.5) is 22.0 Å². The molecule has 2 aromatic carbocycles. The van der Waals surface area contributed by atoms with Crippen molar-refractivity contribution in [1.29, 1.82) is 0 Å². The third kappa shape index (κ3) is 3.67. The van der Waals surface area contributed by atoms with Crippen molar-refractivity contribution >= 4 is 22.5 Å². The van der Waals surface area contributed by atoms with Gasteiger partial charge in [-0.15, -0.1) is 0 Å². The number of H-pyrrole nitrogens is 1. The zero-order chi connectivity index (χ0) is 24.3. The number of aromatic nitrogens is 1. The number of hydrogen-bond acceptors (Lipinski definition) is 3. The molecule has 1 aliphatic heterocycles. The van der Waals surface area contributed by atoms with E-state index in [1.807, 2.05) is 0 Å². The molecular weight excluding hydrogens is 469 g/mol. The number of pyridine rings is 1. The van der Waals surface area contributed by atoms with Crippen molar-refractivity contribution in [2.24, 2.45) is 5.92 Å². The molecule has 4 rings (SSSR count). The third-order valence-electron chi connectivity index (χ3n) is 6.43. The summed E-state index contributed by atoms with van der Waals surface area (Å²) in [5.41, 5.74) is -2.75. The van der Waals surface area contributed by atoms with Crippen LogP contribution in [0.1, 0.15) is 37.1 Å². The van der Waals surface area contributed by atoms with E-state index in [0.717, 1.165) is 26.2 Å². The van der Waals surface area contributed by atoms with Crippen molar-refractivity contribution < 1.29 is 31.4 Å². The van der Waals surface area contributed by atoms with Crippen molar-refractivity contribution in [3.05, 3.63) is 74.5 Å². The third-order valence-corrected chi connectivity index (χ3v) is 6.67. The Morgan fingerprint density at radius 2 is 1.85 bits per heavy atom. The summed E-state index contributed by atoms with van der Waals surface area (Å²) in [4.78, 5) is 15.6. The molecule has 3 aromatic rings. The minimum Gasteiger partial charge on any atom is -0.493 e. The second-order valence-corrected chi connectivity index (χ2v) is 8.66. The predicted molar refractivity (Wildman–Crippen MR) is 113 cm³/mol. The number of nitrogens with one attached hydrogen (secondary N) is 1. The van der Waals surface area contributed by atoms with E-state index in [2.05, 4.69) is 4.98 Å². The zero-order valence-electron chi connectivity index (χ0n) is 17.7. The molecule has 4 atom stereocenters. The molecule has 176 valence electrons. The molecule has 0 unspecified atom stereocenters. The summed E-state index contributed by atoms with van der Waals surface area (Å²) in [6, 6.07) is 7.62. The largest absolute Gasteiger partial charge is 0.493 e. The second kappa shape index (κ2) is 7.99. The van der Waals surface area contributed by atoms with E-state index in [0.29, 0.717) is 10.5 Å². The number of ether oxygens (including phenoxy) is 2. The average Bonchev–Trinajstić information content (AvgIpc) is 3.01. The molecule has 0 spiro atoms. The van der Waals surface area contributed by atoms with Gasteiger partial charge in [0.15, 0.2) is 22.6 Å². The van der Waals surface area contributed by atoms with Crippen LogP contribution >= 0.6 is 11.6 Å². The van der Waals surface area contributed by atoms with Crippen LogP contribution < -0.4 is 10.2 Å². The first-order valence-corrected chi connectivity index (χ1v) is 10.4. The molecule has 2 heterocycles. The van der Waals surface area contributed by atoms with Crippen LogP contribution in [0, 0.1) is 17.6 Å². The summed E-state index contributed by atoms with van der Waals surface area (Å²) in [6.45, 7) is 2.21. The highest BCUT2D eigenvalue weighted by Gasteiger charge is 2.65. The Labute approximate surface area is 190 Å². The van der Waals surface area contributed by atoms with Crippen molar-refractivity contribution in [2.45, 2.75) is 37.6 Å². The van der Waals surface area contributed by atoms with Gasteiger partial charge < -0.3 is 14.5 Å². The van der Waals surface area contributed by atoms with E-state index < -0.39 is 52.5 Å². The average molecular weight is 488 g/mol. The standard InChI is InChI=1S/C23H19ClF5NO3/c1-10-18(13-6-7-14(25)19(26)20(13)32-3)21(33-22(10,2)23(27,28)29)16-9-17(31)12-5-4-11(24)8-15(12)30-16/h4-10,18,21H,1-3H3,(H,30,31)/t10-,18-,21-,22+/m0/s1. The molecule has 1 fully saturated rings. The van der Waals surface area contributed by atoms with Gasteiger partial charge >= 0.3 is 6.18 Å². The van der Waals surface area contributed by atoms with Gasteiger partial charge in [-0.05, 0) is 31.2 Å². The van der Waals surface area contributed by atoms with Gasteiger partial charge in [0.05, 0.1) is 12.6 Å². The molecule has 10 heteroatoms. The van der Waals surface area contributed by atoms with Crippen LogP contribution in [0.15, 0.2) is 41.2 Å². The number of halogens is 6. The molecule has 33 heavy (non-hydrogen) atoms. The second-order valence-electron chi connectivity index (χ2n) is 8.22. The SMILES string of the molecule is COc1c([C@H]2[C@H](c3cc(=O)c4ccc(Cl)cc4[nH]3)O[C@@](C)(C(F)(F)F)[C@H]2C)ccc(F)c1F. The normalized spacial score (nSPS) is 25.5. The number of benzene rings is 2. The van der Waals surface area contributed by atoms with Gasteiger partial charge in [-0.2, -0.15) is 17.6 Å². The maximum atomic E-state index is 14.5. The minimum absolute atomic E-state index is 0.00563. The van der Waals surface area contributed by atoms with Gasteiger partial charge in [0, 0.05) is 39.6 Å². The quantitative estimate of drug-likeness (QED) is 0.442. The highest BCUT2D eigenvalue weighted by Crippen LogP contribution is 2.59. The molecule has 1 saturated heterocycles. The van der Waals surface area contributed by atoms with Gasteiger partial charge in [0.2, 0.25) is 5.82 Å². The van der Waals surface area contributed by atoms with Crippen LogP contribution in [-0.4, -0.2) is 23.9 Å². The van der Waals surface area contributed by atoms with Crippen LogP contribution in [0.25, 0.3) is 10.9 Å². The lowest BCUT2D eigenvalue weighted by molar-refractivity contribution is -0.275. The lowest BCUT2D eigenvalue weighted by Gasteiger charge is -2.32. The number of aromatic amines is 1. The van der Waals surface area contributed by atoms with E-state index in [1.54, 1.807) is 0 Å². The van der Waals surface area contributed by atoms with E-state index in [-0.39, 0.29) is 16.6 Å². The molecule has 0 bridgehead atoms. The van der Waals surface area contributed by atoms with Gasteiger partial charge in [0.25, 0.3) is 0 Å². The smallest absolute Gasteiger partial charge is 0.417 e. The van der Waals surface area contributed by atoms with Crippen molar-refractivity contribution in [1.82, 2.24) is 4.98 Å². The Balaban J connectivity index is 1.97. The maximum absolute atomic E-state index is 14.5. The topological polar surface area (TPSA) is 51.3 Å². The molecular formula is C23H19ClF5NO3. The number of rotatable bonds is 3. The van der Waals surface area contributed by atoms with Crippen LogP contribution in [-0.2, 0) is 4.74 Å². The van der Waals surface area contributed by atoms with E-state index in [4.69, 9.17) is 21.1 Å². The van der Waals surface area contributed by atoms with Crippen LogP contribution in [0.5, 0.6) is 5.75 Å². The maximum Gasteiger partial charge on any atom is 0.417 e. The number of fused-ring (bicyclic) bond motifs is 1. The minimum atomic E-state index is -4.79. The Hall–Kier alpha value is -2.65. The van der Waals surface area contributed by atoms with Crippen LogP contribution in [0.3, 0.4) is 0 Å². The first-order valence-electron chi connectivity index (χ1n) is 9.98. The van der Waals surface area contributed by atoms with Crippen LogP contribution in [0.2, 0.25) is 5.02 Å². The molecule has 0 aliphatic carbocycles. The van der Waals surface area contributed by atoms with Gasteiger partial charge in [0.1, 0.15) is 6.10 Å². The Morgan fingerprint density at radius 3 is 2.48 bits per heavy atom. The summed E-state index contributed by atoms with van der Waals surface area (Å²) < 4.78 is 81.2. The van der Waals surface area contributed by atoms with E-state index >= 15 is 0 Å².